The van der Waals surface area contributed by atoms with Crippen LogP contribution in [0.1, 0.15) is 44.7 Å². The first-order valence-corrected chi connectivity index (χ1v) is 14.3. The molecule has 0 radical (unpaired) electrons. The summed E-state index contributed by atoms with van der Waals surface area (Å²) in [6.45, 7) is 10.7. The number of para-hydroxylation sites is 1. The van der Waals surface area contributed by atoms with Gasteiger partial charge in [-0.2, -0.15) is 0 Å². The number of aromatic amines is 1. The maximum Gasteiger partial charge on any atom is 0.323 e. The Morgan fingerprint density at radius 1 is 1.07 bits per heavy atom. The van der Waals surface area contributed by atoms with Crippen molar-refractivity contribution in [3.63, 3.8) is 0 Å². The number of ether oxygens (including phenoxy) is 1. The van der Waals surface area contributed by atoms with Gasteiger partial charge < -0.3 is 14.6 Å². The minimum Gasteiger partial charge on any atom is -0.468 e. The number of piperazine rings is 1. The number of hydrogen-bond acceptors (Lipinski definition) is 5. The molecule has 5 rings (SSSR count). The van der Waals surface area contributed by atoms with Gasteiger partial charge in [0.15, 0.2) is 0 Å². The number of halogens is 2. The van der Waals surface area contributed by atoms with E-state index in [2.05, 4.69) is 35.6 Å². The second kappa shape index (κ2) is 11.5. The number of likely N-dealkylation sites (tertiary alicyclic amines) is 1. The molecule has 2 aliphatic heterocycles. The summed E-state index contributed by atoms with van der Waals surface area (Å²) >= 11 is 0. The average Bonchev–Trinajstić information content (AvgIpc) is 3.56. The van der Waals surface area contributed by atoms with E-state index in [1.165, 1.54) is 19.2 Å². The Bertz CT molecular complexity index is 1420. The third-order valence-corrected chi connectivity index (χ3v) is 8.89. The molecule has 3 heterocycles. The summed E-state index contributed by atoms with van der Waals surface area (Å²) in [6, 6.07) is 11.0. The fraction of sp³-hybridized carbons (Fsp3) is 0.500. The van der Waals surface area contributed by atoms with E-state index in [0.29, 0.717) is 44.7 Å². The van der Waals surface area contributed by atoms with Gasteiger partial charge >= 0.3 is 5.97 Å². The molecular formula is C32H40F2N4O3. The van der Waals surface area contributed by atoms with Crippen LogP contribution in [0, 0.1) is 17.6 Å². The summed E-state index contributed by atoms with van der Waals surface area (Å²) in [4.78, 5) is 36.5. The summed E-state index contributed by atoms with van der Waals surface area (Å²) in [7, 11) is 1.41. The van der Waals surface area contributed by atoms with Crippen LogP contribution in [-0.4, -0.2) is 89.0 Å². The lowest BCUT2D eigenvalue weighted by atomic mass is 9.87. The summed E-state index contributed by atoms with van der Waals surface area (Å²) in [5.41, 5.74) is 2.24. The number of fused-ring (bicyclic) bond motifs is 1. The van der Waals surface area contributed by atoms with E-state index < -0.39 is 23.6 Å². The van der Waals surface area contributed by atoms with Gasteiger partial charge in [0.2, 0.25) is 5.91 Å². The highest BCUT2D eigenvalue weighted by molar-refractivity contribution is 5.85. The number of amides is 1. The molecule has 0 unspecified atom stereocenters. The maximum absolute atomic E-state index is 14.9. The van der Waals surface area contributed by atoms with Gasteiger partial charge in [-0.25, -0.2) is 8.78 Å². The largest absolute Gasteiger partial charge is 0.468 e. The summed E-state index contributed by atoms with van der Waals surface area (Å²) in [6.07, 6.45) is 2.44. The lowest BCUT2D eigenvalue weighted by Gasteiger charge is -2.43. The quantitative estimate of drug-likeness (QED) is 0.443. The summed E-state index contributed by atoms with van der Waals surface area (Å²) in [5, 5.41) is 1.08. The van der Waals surface area contributed by atoms with Crippen molar-refractivity contribution in [1.82, 2.24) is 19.7 Å². The van der Waals surface area contributed by atoms with Crippen molar-refractivity contribution >= 4 is 22.8 Å². The van der Waals surface area contributed by atoms with Crippen LogP contribution in [0.5, 0.6) is 0 Å². The Morgan fingerprint density at radius 3 is 2.51 bits per heavy atom. The lowest BCUT2D eigenvalue weighted by molar-refractivity contribution is -0.150. The molecule has 9 heteroatoms. The zero-order valence-electron chi connectivity index (χ0n) is 24.5. The highest BCUT2D eigenvalue weighted by atomic mass is 19.1. The molecule has 1 aromatic heterocycles. The number of nitrogens with one attached hydrogen (secondary N) is 1. The van der Waals surface area contributed by atoms with Crippen LogP contribution in [0.2, 0.25) is 0 Å². The zero-order valence-corrected chi connectivity index (χ0v) is 24.5. The van der Waals surface area contributed by atoms with E-state index in [9.17, 15) is 18.4 Å². The van der Waals surface area contributed by atoms with Crippen molar-refractivity contribution < 1.29 is 23.1 Å². The van der Waals surface area contributed by atoms with Crippen molar-refractivity contribution in [1.29, 1.82) is 0 Å². The topological polar surface area (TPSA) is 68.9 Å². The van der Waals surface area contributed by atoms with Gasteiger partial charge in [-0.3, -0.25) is 19.4 Å². The molecule has 2 saturated heterocycles. The first-order valence-electron chi connectivity index (χ1n) is 14.3. The minimum atomic E-state index is -0.627. The number of nitrogens with zero attached hydrogens (tertiary/aromatic N) is 3. The van der Waals surface area contributed by atoms with Gasteiger partial charge in [-0.05, 0) is 51.0 Å². The minimum absolute atomic E-state index is 0.0242. The molecule has 7 nitrogen and oxygen atoms in total. The fourth-order valence-corrected chi connectivity index (χ4v) is 6.53. The predicted octanol–water partition coefficient (Wildman–Crippen LogP) is 4.58. The van der Waals surface area contributed by atoms with E-state index in [1.807, 2.05) is 42.3 Å². The number of benzene rings is 2. The molecule has 2 aromatic carbocycles. The monoisotopic (exact) mass is 566 g/mol. The van der Waals surface area contributed by atoms with Gasteiger partial charge in [0.1, 0.15) is 17.7 Å². The van der Waals surface area contributed by atoms with Crippen LogP contribution in [0.4, 0.5) is 8.78 Å². The highest BCUT2D eigenvalue weighted by Gasteiger charge is 2.46. The lowest BCUT2D eigenvalue weighted by Crippen LogP contribution is -2.59. The SMILES string of the molecule is COC(=O)[C@H](Cc1c[nH]c2ccccc12)N1CCN(C(=O)[C@@H]2CN(C(C)(C)C)C[C@H]2c2ccc(F)cc2F)[C@@H](C)C1. The summed E-state index contributed by atoms with van der Waals surface area (Å²) < 4.78 is 33.9. The second-order valence-electron chi connectivity index (χ2n) is 12.4. The van der Waals surface area contributed by atoms with E-state index in [1.54, 1.807) is 0 Å². The first-order chi connectivity index (χ1) is 19.5. The van der Waals surface area contributed by atoms with E-state index >= 15 is 0 Å². The normalized spacial score (nSPS) is 23.2. The number of carbonyl (C=O) groups excluding carboxylic acids is 2. The van der Waals surface area contributed by atoms with Gasteiger partial charge in [-0.1, -0.05) is 24.3 Å². The van der Waals surface area contributed by atoms with Crippen molar-refractivity contribution in [2.45, 2.75) is 57.7 Å². The van der Waals surface area contributed by atoms with Crippen LogP contribution in [-0.2, 0) is 20.7 Å². The molecule has 3 aromatic rings. The molecule has 220 valence electrons. The Kier molecular flexibility index (Phi) is 8.21. The van der Waals surface area contributed by atoms with Gasteiger partial charge in [0.05, 0.1) is 13.0 Å². The summed E-state index contributed by atoms with van der Waals surface area (Å²) in [5.74, 6) is -2.39. The zero-order chi connectivity index (χ0) is 29.5. The van der Waals surface area contributed by atoms with Crippen LogP contribution < -0.4 is 0 Å². The molecule has 0 saturated carbocycles. The number of H-pyrrole nitrogens is 1. The van der Waals surface area contributed by atoms with E-state index in [4.69, 9.17) is 4.74 Å². The second-order valence-corrected chi connectivity index (χ2v) is 12.4. The van der Waals surface area contributed by atoms with Crippen molar-refractivity contribution in [3.8, 4) is 0 Å². The van der Waals surface area contributed by atoms with Crippen LogP contribution in [0.25, 0.3) is 10.9 Å². The predicted molar refractivity (Wildman–Crippen MR) is 154 cm³/mol. The van der Waals surface area contributed by atoms with Crippen molar-refractivity contribution in [2.75, 3.05) is 39.8 Å². The average molecular weight is 567 g/mol. The maximum atomic E-state index is 14.9. The molecule has 1 N–H and O–H groups in total. The number of carbonyl (C=O) groups is 2. The molecule has 4 atom stereocenters. The Labute approximate surface area is 240 Å². The van der Waals surface area contributed by atoms with Crippen LogP contribution >= 0.6 is 0 Å². The highest BCUT2D eigenvalue weighted by Crippen LogP contribution is 2.39. The van der Waals surface area contributed by atoms with Crippen LogP contribution in [0.15, 0.2) is 48.7 Å². The number of aromatic nitrogens is 1. The van der Waals surface area contributed by atoms with E-state index in [-0.39, 0.29) is 29.4 Å². The smallest absolute Gasteiger partial charge is 0.323 e. The number of rotatable bonds is 6. The molecule has 2 fully saturated rings. The third kappa shape index (κ3) is 5.88. The molecule has 0 spiro atoms. The molecule has 2 aliphatic rings. The fourth-order valence-electron chi connectivity index (χ4n) is 6.53. The molecule has 1 amide bonds. The Hall–Kier alpha value is -3.30. The first kappa shape index (κ1) is 29.2. The molecule has 41 heavy (non-hydrogen) atoms. The van der Waals surface area contributed by atoms with Gasteiger partial charge in [0, 0.05) is 79.8 Å². The van der Waals surface area contributed by atoms with Gasteiger partial charge in [0.25, 0.3) is 0 Å². The third-order valence-electron chi connectivity index (χ3n) is 8.89. The number of hydrogen-bond donors (Lipinski definition) is 1. The molecule has 0 bridgehead atoms. The van der Waals surface area contributed by atoms with Gasteiger partial charge in [-0.15, -0.1) is 0 Å². The van der Waals surface area contributed by atoms with Crippen LogP contribution in [0.3, 0.4) is 0 Å². The van der Waals surface area contributed by atoms with Crippen molar-refractivity contribution in [2.24, 2.45) is 5.92 Å². The number of esters is 1. The standard InChI is InChI=1S/C32H40F2N4O3/c1-20-17-36(29(31(40)41-5)14-21-16-35-28-9-7-6-8-23(21)28)12-13-38(20)30(39)26-19-37(32(2,3)4)18-25(26)24-11-10-22(33)15-27(24)34/h6-11,15-16,20,25-26,29,35H,12-14,17-19H2,1-5H3/t20-,25-,26+,29-/m0/s1. The Balaban J connectivity index is 1.34. The molecular weight excluding hydrogens is 526 g/mol. The van der Waals surface area contributed by atoms with Crippen molar-refractivity contribution in [3.05, 3.63) is 71.4 Å². The molecule has 0 aliphatic carbocycles. The number of methoxy groups -OCH3 is 1. The van der Waals surface area contributed by atoms with E-state index in [0.717, 1.165) is 22.5 Å². The Morgan fingerprint density at radius 2 is 1.83 bits per heavy atom.